The summed E-state index contributed by atoms with van der Waals surface area (Å²) < 4.78 is 5.86. The Kier molecular flexibility index (Phi) is 4.08. The lowest BCUT2D eigenvalue weighted by molar-refractivity contribution is 0.304. The van der Waals surface area contributed by atoms with Gasteiger partial charge in [0.1, 0.15) is 18.2 Å². The van der Waals surface area contributed by atoms with E-state index in [1.54, 1.807) is 0 Å². The molecule has 0 aliphatic carbocycles. The first-order valence-corrected chi connectivity index (χ1v) is 6.61. The second-order valence-corrected chi connectivity index (χ2v) is 5.10. The summed E-state index contributed by atoms with van der Waals surface area (Å²) >= 11 is 0. The van der Waals surface area contributed by atoms with E-state index >= 15 is 0 Å². The summed E-state index contributed by atoms with van der Waals surface area (Å²) in [7, 11) is 0. The molecule has 0 heterocycles. The molecule has 0 saturated carbocycles. The van der Waals surface area contributed by atoms with Crippen molar-refractivity contribution in [1.29, 1.82) is 5.41 Å². The molecule has 3 heteroatoms. The van der Waals surface area contributed by atoms with Gasteiger partial charge in [-0.1, -0.05) is 30.3 Å². The maximum atomic E-state index is 7.47. The van der Waals surface area contributed by atoms with Gasteiger partial charge in [0.25, 0.3) is 0 Å². The predicted molar refractivity (Wildman–Crippen MR) is 82.4 cm³/mol. The summed E-state index contributed by atoms with van der Waals surface area (Å²) in [5, 5.41) is 7.47. The van der Waals surface area contributed by atoms with E-state index in [-0.39, 0.29) is 5.84 Å². The molecule has 0 aliphatic rings. The summed E-state index contributed by atoms with van der Waals surface area (Å²) in [6.07, 6.45) is 0. The standard InChI is InChI=1S/C17H20N2O/c1-11-4-6-14(8-13(11)3)10-20-16-9-15(17(18)19)7-5-12(16)2/h4-9H,10H2,1-3H3,(H3,18,19). The zero-order chi connectivity index (χ0) is 14.7. The van der Waals surface area contributed by atoms with Crippen molar-refractivity contribution in [3.8, 4) is 5.75 Å². The summed E-state index contributed by atoms with van der Waals surface area (Å²) in [5.41, 5.74) is 10.9. The van der Waals surface area contributed by atoms with Gasteiger partial charge in [-0.15, -0.1) is 0 Å². The maximum Gasteiger partial charge on any atom is 0.123 e. The fraction of sp³-hybridized carbons (Fsp3) is 0.235. The molecule has 2 aromatic carbocycles. The molecular formula is C17H20N2O. The van der Waals surface area contributed by atoms with Gasteiger partial charge in [-0.2, -0.15) is 0 Å². The molecule has 0 saturated heterocycles. The summed E-state index contributed by atoms with van der Waals surface area (Å²) in [6, 6.07) is 11.9. The number of aryl methyl sites for hydroxylation is 3. The summed E-state index contributed by atoms with van der Waals surface area (Å²) in [4.78, 5) is 0. The van der Waals surface area contributed by atoms with Crippen LogP contribution in [0.15, 0.2) is 36.4 Å². The van der Waals surface area contributed by atoms with E-state index in [1.807, 2.05) is 25.1 Å². The van der Waals surface area contributed by atoms with Crippen LogP contribution in [0.3, 0.4) is 0 Å². The molecule has 0 atom stereocenters. The van der Waals surface area contributed by atoms with Crippen molar-refractivity contribution in [1.82, 2.24) is 0 Å². The van der Waals surface area contributed by atoms with Crippen LogP contribution in [0.5, 0.6) is 5.75 Å². The number of ether oxygens (including phenoxy) is 1. The van der Waals surface area contributed by atoms with Gasteiger partial charge in [0.05, 0.1) is 0 Å². The van der Waals surface area contributed by atoms with Crippen LogP contribution in [0.1, 0.15) is 27.8 Å². The number of nitrogens with two attached hydrogens (primary N) is 1. The Hall–Kier alpha value is -2.29. The molecule has 0 spiro atoms. The number of hydrogen-bond donors (Lipinski definition) is 2. The third-order valence-corrected chi connectivity index (χ3v) is 3.46. The van der Waals surface area contributed by atoms with Gasteiger partial charge in [0.2, 0.25) is 0 Å². The van der Waals surface area contributed by atoms with Crippen LogP contribution >= 0.6 is 0 Å². The molecular weight excluding hydrogens is 248 g/mol. The lowest BCUT2D eigenvalue weighted by Crippen LogP contribution is -2.11. The van der Waals surface area contributed by atoms with Crippen molar-refractivity contribution in [3.63, 3.8) is 0 Å². The van der Waals surface area contributed by atoms with Gasteiger partial charge in [0, 0.05) is 5.56 Å². The SMILES string of the molecule is Cc1ccc(COc2cc(C(=N)N)ccc2C)cc1C. The van der Waals surface area contributed by atoms with Crippen molar-refractivity contribution in [2.75, 3.05) is 0 Å². The molecule has 2 aromatic rings. The van der Waals surface area contributed by atoms with Crippen molar-refractivity contribution in [2.24, 2.45) is 5.73 Å². The second kappa shape index (κ2) is 5.78. The van der Waals surface area contributed by atoms with Crippen molar-refractivity contribution >= 4 is 5.84 Å². The third kappa shape index (κ3) is 3.18. The summed E-state index contributed by atoms with van der Waals surface area (Å²) in [5.74, 6) is 0.831. The van der Waals surface area contributed by atoms with Gasteiger partial charge < -0.3 is 10.5 Å². The zero-order valence-electron chi connectivity index (χ0n) is 12.2. The number of amidine groups is 1. The van der Waals surface area contributed by atoms with Gasteiger partial charge in [-0.05, 0) is 49.1 Å². The lowest BCUT2D eigenvalue weighted by Gasteiger charge is -2.11. The predicted octanol–water partition coefficient (Wildman–Crippen LogP) is 3.47. The van der Waals surface area contributed by atoms with E-state index in [0.717, 1.165) is 16.9 Å². The van der Waals surface area contributed by atoms with E-state index < -0.39 is 0 Å². The van der Waals surface area contributed by atoms with Crippen LogP contribution < -0.4 is 10.5 Å². The number of benzene rings is 2. The number of nitrogen functional groups attached to an aromatic ring is 1. The first-order valence-electron chi connectivity index (χ1n) is 6.61. The maximum absolute atomic E-state index is 7.47. The quantitative estimate of drug-likeness (QED) is 0.659. The normalized spacial score (nSPS) is 10.3. The smallest absolute Gasteiger partial charge is 0.123 e. The second-order valence-electron chi connectivity index (χ2n) is 5.10. The van der Waals surface area contributed by atoms with Gasteiger partial charge in [0.15, 0.2) is 0 Å². The fourth-order valence-electron chi connectivity index (χ4n) is 1.98. The minimum atomic E-state index is 0.0565. The molecule has 104 valence electrons. The van der Waals surface area contributed by atoms with E-state index in [4.69, 9.17) is 15.9 Å². The van der Waals surface area contributed by atoms with Crippen LogP contribution in [0, 0.1) is 26.2 Å². The first kappa shape index (κ1) is 14.1. The van der Waals surface area contributed by atoms with Crippen LogP contribution in [-0.2, 0) is 6.61 Å². The minimum absolute atomic E-state index is 0.0565. The van der Waals surface area contributed by atoms with E-state index in [2.05, 4.69) is 32.0 Å². The number of hydrogen-bond acceptors (Lipinski definition) is 2. The lowest BCUT2D eigenvalue weighted by atomic mass is 10.1. The van der Waals surface area contributed by atoms with Crippen molar-refractivity contribution in [3.05, 3.63) is 64.2 Å². The number of nitrogens with one attached hydrogen (secondary N) is 1. The fourth-order valence-corrected chi connectivity index (χ4v) is 1.98. The average molecular weight is 268 g/mol. The highest BCUT2D eigenvalue weighted by atomic mass is 16.5. The topological polar surface area (TPSA) is 59.1 Å². The number of rotatable bonds is 4. The molecule has 0 radical (unpaired) electrons. The van der Waals surface area contributed by atoms with Crippen LogP contribution in [-0.4, -0.2) is 5.84 Å². The van der Waals surface area contributed by atoms with Gasteiger partial charge in [-0.3, -0.25) is 5.41 Å². The minimum Gasteiger partial charge on any atom is -0.489 e. The zero-order valence-corrected chi connectivity index (χ0v) is 12.2. The molecule has 0 fully saturated rings. The van der Waals surface area contributed by atoms with Gasteiger partial charge in [-0.25, -0.2) is 0 Å². The molecule has 0 amide bonds. The van der Waals surface area contributed by atoms with Crippen LogP contribution in [0.2, 0.25) is 0 Å². The van der Waals surface area contributed by atoms with E-state index in [1.165, 1.54) is 11.1 Å². The highest BCUT2D eigenvalue weighted by Gasteiger charge is 2.05. The van der Waals surface area contributed by atoms with Crippen molar-refractivity contribution < 1.29 is 4.74 Å². The average Bonchev–Trinajstić information content (AvgIpc) is 2.41. The Bertz CT molecular complexity index is 647. The Morgan fingerprint density at radius 2 is 1.70 bits per heavy atom. The van der Waals surface area contributed by atoms with Crippen molar-refractivity contribution in [2.45, 2.75) is 27.4 Å². The third-order valence-electron chi connectivity index (χ3n) is 3.46. The molecule has 3 N–H and O–H groups in total. The first-order chi connectivity index (χ1) is 9.47. The summed E-state index contributed by atoms with van der Waals surface area (Å²) in [6.45, 7) is 6.70. The monoisotopic (exact) mass is 268 g/mol. The molecule has 0 unspecified atom stereocenters. The molecule has 2 rings (SSSR count). The van der Waals surface area contributed by atoms with Crippen LogP contribution in [0.25, 0.3) is 0 Å². The Labute approximate surface area is 119 Å². The Balaban J connectivity index is 2.15. The molecule has 0 bridgehead atoms. The molecule has 0 aromatic heterocycles. The van der Waals surface area contributed by atoms with Crippen LogP contribution in [0.4, 0.5) is 0 Å². The van der Waals surface area contributed by atoms with E-state index in [9.17, 15) is 0 Å². The molecule has 3 nitrogen and oxygen atoms in total. The largest absolute Gasteiger partial charge is 0.489 e. The van der Waals surface area contributed by atoms with Gasteiger partial charge >= 0.3 is 0 Å². The molecule has 0 aliphatic heterocycles. The van der Waals surface area contributed by atoms with E-state index in [0.29, 0.717) is 12.2 Å². The Morgan fingerprint density at radius 1 is 1.00 bits per heavy atom. The highest BCUT2D eigenvalue weighted by molar-refractivity contribution is 5.95. The molecule has 20 heavy (non-hydrogen) atoms. The highest BCUT2D eigenvalue weighted by Crippen LogP contribution is 2.21. The Morgan fingerprint density at radius 3 is 2.35 bits per heavy atom.